The monoisotopic (exact) mass is 644 g/mol. The highest BCUT2D eigenvalue weighted by Crippen LogP contribution is 2.34. The van der Waals surface area contributed by atoms with E-state index in [-0.39, 0.29) is 0 Å². The molecule has 0 fully saturated rings. The average molecular weight is 645 g/mol. The van der Waals surface area contributed by atoms with E-state index < -0.39 is 0 Å². The maximum Gasteiger partial charge on any atom is 0.0963 e. The first-order valence-electron chi connectivity index (χ1n) is 16.6. The first kappa shape index (κ1) is 29.4. The van der Waals surface area contributed by atoms with Gasteiger partial charge in [0.15, 0.2) is 0 Å². The highest BCUT2D eigenvalue weighted by Gasteiger charge is 2.15. The van der Waals surface area contributed by atoms with Gasteiger partial charge in [-0.2, -0.15) is 0 Å². The minimum Gasteiger partial charge on any atom is -0.405 e. The molecule has 0 atom stereocenters. The number of rotatable bonds is 6. The second-order valence-electron chi connectivity index (χ2n) is 12.4. The first-order valence-corrected chi connectivity index (χ1v) is 16.6. The summed E-state index contributed by atoms with van der Waals surface area (Å²) >= 11 is 0. The fraction of sp³-hybridized carbons (Fsp3) is 0.0227. The number of aryl methyl sites for hydroxylation is 1. The van der Waals surface area contributed by atoms with Crippen LogP contribution in [0.2, 0.25) is 0 Å². The maximum absolute atomic E-state index is 5.87. The summed E-state index contributed by atoms with van der Waals surface area (Å²) in [5, 5.41) is 2.35. The van der Waals surface area contributed by atoms with Crippen molar-refractivity contribution < 1.29 is 0 Å². The lowest BCUT2D eigenvalue weighted by Crippen LogP contribution is -1.98. The van der Waals surface area contributed by atoms with Gasteiger partial charge in [0.1, 0.15) is 0 Å². The van der Waals surface area contributed by atoms with Crippen molar-refractivity contribution in [1.29, 1.82) is 0 Å². The van der Waals surface area contributed by atoms with E-state index >= 15 is 0 Å². The number of nitrogens with two attached hydrogens (primary N) is 1. The van der Waals surface area contributed by atoms with Crippen molar-refractivity contribution in [3.63, 3.8) is 0 Å². The van der Waals surface area contributed by atoms with Crippen LogP contribution >= 0.6 is 0 Å². The maximum atomic E-state index is 5.87. The molecule has 0 bridgehead atoms. The first-order chi connectivity index (χ1) is 24.7. The molecular formula is C44H32N6. The van der Waals surface area contributed by atoms with Crippen LogP contribution < -0.4 is 5.73 Å². The quantitative estimate of drug-likeness (QED) is 0.195. The molecule has 4 aromatic carbocycles. The lowest BCUT2D eigenvalue weighted by molar-refractivity contribution is 1.10. The molecule has 0 aliphatic rings. The van der Waals surface area contributed by atoms with E-state index in [1.54, 1.807) is 6.20 Å². The zero-order valence-electron chi connectivity index (χ0n) is 27.4. The molecule has 0 aliphatic heterocycles. The van der Waals surface area contributed by atoms with Gasteiger partial charge in [0.2, 0.25) is 0 Å². The lowest BCUT2D eigenvalue weighted by atomic mass is 10.0. The van der Waals surface area contributed by atoms with E-state index in [4.69, 9.17) is 15.7 Å². The summed E-state index contributed by atoms with van der Waals surface area (Å²) in [6.45, 7) is 2.14. The Morgan fingerprint density at radius 1 is 0.520 bits per heavy atom. The fourth-order valence-corrected chi connectivity index (χ4v) is 7.13. The topological polar surface area (TPSA) is 74.5 Å². The van der Waals surface area contributed by atoms with E-state index in [0.29, 0.717) is 0 Å². The molecule has 2 N–H and O–H groups in total. The molecule has 0 radical (unpaired) electrons. The number of para-hydroxylation sites is 2. The van der Waals surface area contributed by atoms with Crippen LogP contribution in [-0.2, 0) is 0 Å². The second-order valence-corrected chi connectivity index (χ2v) is 12.4. The Bertz CT molecular complexity index is 2660. The van der Waals surface area contributed by atoms with Crippen molar-refractivity contribution in [2.75, 3.05) is 0 Å². The van der Waals surface area contributed by atoms with Gasteiger partial charge in [-0.3, -0.25) is 15.0 Å². The summed E-state index contributed by atoms with van der Waals surface area (Å²) in [5.41, 5.74) is 20.6. The van der Waals surface area contributed by atoms with Crippen LogP contribution in [0.25, 0.3) is 83.9 Å². The van der Waals surface area contributed by atoms with Gasteiger partial charge in [-0.15, -0.1) is 0 Å². The highest BCUT2D eigenvalue weighted by atomic mass is 15.0. The van der Waals surface area contributed by atoms with Crippen molar-refractivity contribution in [2.45, 2.75) is 6.92 Å². The van der Waals surface area contributed by atoms with Gasteiger partial charge in [0.05, 0.1) is 39.1 Å². The van der Waals surface area contributed by atoms with Crippen LogP contribution in [0.4, 0.5) is 0 Å². The molecule has 9 rings (SSSR count). The van der Waals surface area contributed by atoms with Crippen molar-refractivity contribution in [3.05, 3.63) is 170 Å². The van der Waals surface area contributed by atoms with Gasteiger partial charge < -0.3 is 14.9 Å². The van der Waals surface area contributed by atoms with Crippen molar-refractivity contribution in [3.8, 4) is 45.0 Å². The fourth-order valence-electron chi connectivity index (χ4n) is 7.13. The SMILES string of the molecule is Cc1c(/C=C\N)n(-c2cccc(-c3ccc(-c4ccc(-c5cccc(-n6c7ccccc7c7ncccc76)c5)cn4)nc3)c2)c2ccccc12. The molecule has 0 amide bonds. The lowest BCUT2D eigenvalue weighted by Gasteiger charge is -2.12. The summed E-state index contributed by atoms with van der Waals surface area (Å²) in [6, 6.07) is 46.4. The Hall–Kier alpha value is -6.79. The van der Waals surface area contributed by atoms with Gasteiger partial charge in [0.25, 0.3) is 0 Å². The van der Waals surface area contributed by atoms with Crippen LogP contribution in [0.1, 0.15) is 11.3 Å². The summed E-state index contributed by atoms with van der Waals surface area (Å²) in [4.78, 5) is 14.4. The summed E-state index contributed by atoms with van der Waals surface area (Å²) in [7, 11) is 0. The third-order valence-corrected chi connectivity index (χ3v) is 9.52. The zero-order valence-corrected chi connectivity index (χ0v) is 27.4. The van der Waals surface area contributed by atoms with Gasteiger partial charge in [-0.05, 0) is 96.6 Å². The zero-order chi connectivity index (χ0) is 33.6. The van der Waals surface area contributed by atoms with Crippen LogP contribution in [0.5, 0.6) is 0 Å². The molecule has 0 unspecified atom stereocenters. The van der Waals surface area contributed by atoms with Crippen LogP contribution in [-0.4, -0.2) is 24.1 Å². The molecule has 9 aromatic rings. The van der Waals surface area contributed by atoms with Crippen molar-refractivity contribution >= 4 is 38.9 Å². The van der Waals surface area contributed by atoms with Crippen LogP contribution in [0, 0.1) is 6.92 Å². The summed E-state index contributed by atoms with van der Waals surface area (Å²) < 4.78 is 4.54. The van der Waals surface area contributed by atoms with E-state index in [2.05, 4.69) is 136 Å². The average Bonchev–Trinajstić information content (AvgIpc) is 3.67. The molecule has 5 aromatic heterocycles. The molecule has 50 heavy (non-hydrogen) atoms. The molecule has 6 heteroatoms. The smallest absolute Gasteiger partial charge is 0.0963 e. The van der Waals surface area contributed by atoms with Gasteiger partial charge >= 0.3 is 0 Å². The largest absolute Gasteiger partial charge is 0.405 e. The predicted molar refractivity (Wildman–Crippen MR) is 205 cm³/mol. The Morgan fingerprint density at radius 3 is 1.72 bits per heavy atom. The number of nitrogens with zero attached hydrogens (tertiary/aromatic N) is 5. The van der Waals surface area contributed by atoms with Crippen molar-refractivity contribution in [2.24, 2.45) is 5.73 Å². The molecule has 6 nitrogen and oxygen atoms in total. The number of aromatic nitrogens is 5. The van der Waals surface area contributed by atoms with Gasteiger partial charge in [-0.1, -0.05) is 72.8 Å². The van der Waals surface area contributed by atoms with Gasteiger partial charge in [-0.25, -0.2) is 0 Å². The normalized spacial score (nSPS) is 11.7. The predicted octanol–water partition coefficient (Wildman–Crippen LogP) is 10.2. The second kappa shape index (κ2) is 12.0. The molecular weight excluding hydrogens is 613 g/mol. The van der Waals surface area contributed by atoms with E-state index in [1.807, 2.05) is 42.9 Å². The molecule has 0 saturated carbocycles. The van der Waals surface area contributed by atoms with Crippen molar-refractivity contribution in [1.82, 2.24) is 24.1 Å². The number of pyridine rings is 3. The third kappa shape index (κ3) is 4.85. The Kier molecular flexibility index (Phi) is 7.06. The molecule has 238 valence electrons. The minimum absolute atomic E-state index is 0.824. The number of benzene rings is 4. The Labute approximate surface area is 289 Å². The molecule has 0 spiro atoms. The van der Waals surface area contributed by atoms with Gasteiger partial charge in [0, 0.05) is 51.9 Å². The number of hydrogen-bond acceptors (Lipinski definition) is 4. The Balaban J connectivity index is 1.01. The molecule has 0 aliphatic carbocycles. The van der Waals surface area contributed by atoms with Crippen LogP contribution in [0.3, 0.4) is 0 Å². The summed E-state index contributed by atoms with van der Waals surface area (Å²) in [5.74, 6) is 0. The summed E-state index contributed by atoms with van der Waals surface area (Å²) in [6.07, 6.45) is 9.28. The van der Waals surface area contributed by atoms with Crippen LogP contribution in [0.15, 0.2) is 158 Å². The number of fused-ring (bicyclic) bond motifs is 4. The van der Waals surface area contributed by atoms with E-state index in [0.717, 1.165) is 78.2 Å². The minimum atomic E-state index is 0.824. The standard InChI is InChI=1S/C44H32N6/c1-29-36-13-2-4-15-41(36)49(40(29)22-23-45)34-11-6-9-30(25-34)32-18-20-38(47-27-32)39-21-19-33(28-48-39)31-10-7-12-35(26-31)50-42-16-5-3-14-37(42)44-43(50)17-8-24-46-44/h2-28H,45H2,1H3/b23-22-. The highest BCUT2D eigenvalue weighted by molar-refractivity contribution is 6.07. The van der Waals surface area contributed by atoms with E-state index in [1.165, 1.54) is 10.9 Å². The number of hydrogen-bond donors (Lipinski definition) is 1. The Morgan fingerprint density at radius 2 is 1.10 bits per heavy atom. The third-order valence-electron chi connectivity index (χ3n) is 9.52. The van der Waals surface area contributed by atoms with E-state index in [9.17, 15) is 0 Å². The molecule has 0 saturated heterocycles. The molecule has 5 heterocycles.